The van der Waals surface area contributed by atoms with Crippen LogP contribution in [0.4, 0.5) is 5.82 Å². The van der Waals surface area contributed by atoms with Gasteiger partial charge in [-0.25, -0.2) is 0 Å². The maximum absolute atomic E-state index is 5.80. The van der Waals surface area contributed by atoms with Gasteiger partial charge in [0.15, 0.2) is 4.67 Å². The van der Waals surface area contributed by atoms with E-state index < -0.39 is 0 Å². The van der Waals surface area contributed by atoms with Crippen molar-refractivity contribution in [1.82, 2.24) is 9.78 Å². The zero-order chi connectivity index (χ0) is 10.3. The van der Waals surface area contributed by atoms with Crippen molar-refractivity contribution in [3.8, 4) is 11.3 Å². The van der Waals surface area contributed by atoms with Crippen LogP contribution >= 0.6 is 15.9 Å². The van der Waals surface area contributed by atoms with Gasteiger partial charge in [0, 0.05) is 24.2 Å². The summed E-state index contributed by atoms with van der Waals surface area (Å²) in [7, 11) is 1.82. The largest absolute Gasteiger partial charge is 0.457 e. The summed E-state index contributed by atoms with van der Waals surface area (Å²) in [5.41, 5.74) is 8.57. The summed E-state index contributed by atoms with van der Waals surface area (Å²) >= 11 is 3.25. The van der Waals surface area contributed by atoms with Crippen molar-refractivity contribution in [1.29, 1.82) is 0 Å². The van der Waals surface area contributed by atoms with Gasteiger partial charge in [-0.05, 0) is 22.9 Å². The molecule has 0 unspecified atom stereocenters. The van der Waals surface area contributed by atoms with E-state index in [0.717, 1.165) is 16.8 Å². The molecule has 74 valence electrons. The van der Waals surface area contributed by atoms with Crippen molar-refractivity contribution in [2.24, 2.45) is 7.05 Å². The van der Waals surface area contributed by atoms with Gasteiger partial charge in [-0.15, -0.1) is 0 Å². The van der Waals surface area contributed by atoms with E-state index in [1.807, 2.05) is 20.0 Å². The number of rotatable bonds is 1. The number of furan rings is 1. The Kier molecular flexibility index (Phi) is 2.11. The molecule has 4 nitrogen and oxygen atoms in total. The number of hydrogen-bond donors (Lipinski definition) is 1. The van der Waals surface area contributed by atoms with Crippen LogP contribution in [0.25, 0.3) is 11.3 Å². The first-order valence-corrected chi connectivity index (χ1v) is 4.92. The number of hydrogen-bond acceptors (Lipinski definition) is 3. The second-order valence-electron chi connectivity index (χ2n) is 3.12. The van der Waals surface area contributed by atoms with Crippen LogP contribution in [0.3, 0.4) is 0 Å². The Morgan fingerprint density at radius 2 is 2.29 bits per heavy atom. The minimum absolute atomic E-state index is 0.678. The van der Waals surface area contributed by atoms with Crippen molar-refractivity contribution in [3.63, 3.8) is 0 Å². The molecule has 0 fully saturated rings. The predicted octanol–water partition coefficient (Wildman–Crippen LogP) is 2.33. The Morgan fingerprint density at radius 3 is 2.71 bits per heavy atom. The number of halogens is 1. The first-order valence-electron chi connectivity index (χ1n) is 4.13. The molecular formula is C9H10BrN3O. The lowest BCUT2D eigenvalue weighted by Crippen LogP contribution is -1.97. The highest BCUT2D eigenvalue weighted by atomic mass is 79.9. The highest BCUT2D eigenvalue weighted by Gasteiger charge is 2.13. The van der Waals surface area contributed by atoms with Crippen LogP contribution in [-0.2, 0) is 7.05 Å². The topological polar surface area (TPSA) is 57.0 Å². The zero-order valence-electron chi connectivity index (χ0n) is 7.91. The lowest BCUT2D eigenvalue weighted by Gasteiger charge is -1.91. The Morgan fingerprint density at radius 1 is 1.57 bits per heavy atom. The normalized spacial score (nSPS) is 10.8. The van der Waals surface area contributed by atoms with E-state index in [2.05, 4.69) is 21.0 Å². The average molecular weight is 256 g/mol. The third-order valence-corrected chi connectivity index (χ3v) is 2.59. The van der Waals surface area contributed by atoms with E-state index in [1.54, 1.807) is 10.9 Å². The number of nitrogens with two attached hydrogens (primary N) is 1. The average Bonchev–Trinajstić information content (AvgIpc) is 2.66. The van der Waals surface area contributed by atoms with Crippen molar-refractivity contribution < 1.29 is 4.42 Å². The molecule has 0 atom stereocenters. The van der Waals surface area contributed by atoms with Crippen molar-refractivity contribution >= 4 is 21.7 Å². The molecule has 5 heteroatoms. The zero-order valence-corrected chi connectivity index (χ0v) is 9.50. The van der Waals surface area contributed by atoms with E-state index in [1.165, 1.54) is 0 Å². The molecule has 2 N–H and O–H groups in total. The van der Waals surface area contributed by atoms with Gasteiger partial charge in [0.25, 0.3) is 0 Å². The Labute approximate surface area is 89.8 Å². The van der Waals surface area contributed by atoms with E-state index >= 15 is 0 Å². The molecule has 0 aliphatic rings. The molecule has 0 saturated heterocycles. The van der Waals surface area contributed by atoms with Crippen LogP contribution in [-0.4, -0.2) is 9.78 Å². The summed E-state index contributed by atoms with van der Waals surface area (Å²) in [6, 6.07) is 1.87. The monoisotopic (exact) mass is 255 g/mol. The Balaban J connectivity index is 2.57. The van der Waals surface area contributed by atoms with E-state index in [4.69, 9.17) is 10.2 Å². The molecule has 0 amide bonds. The first kappa shape index (κ1) is 9.33. The summed E-state index contributed by atoms with van der Waals surface area (Å²) in [4.78, 5) is 0. The quantitative estimate of drug-likeness (QED) is 0.851. The smallest absolute Gasteiger partial charge is 0.169 e. The van der Waals surface area contributed by atoms with Gasteiger partial charge in [-0.1, -0.05) is 0 Å². The van der Waals surface area contributed by atoms with Crippen molar-refractivity contribution in [2.75, 3.05) is 5.73 Å². The van der Waals surface area contributed by atoms with Gasteiger partial charge in [-0.2, -0.15) is 5.10 Å². The van der Waals surface area contributed by atoms with Crippen molar-refractivity contribution in [2.45, 2.75) is 6.92 Å². The molecule has 0 aromatic carbocycles. The molecule has 0 spiro atoms. The number of aromatic nitrogens is 2. The van der Waals surface area contributed by atoms with Crippen LogP contribution in [0.15, 0.2) is 21.4 Å². The lowest BCUT2D eigenvalue weighted by molar-refractivity contribution is 0.541. The van der Waals surface area contributed by atoms with Gasteiger partial charge in [0.05, 0.1) is 0 Å². The molecule has 0 radical (unpaired) electrons. The van der Waals surface area contributed by atoms with Gasteiger partial charge in [-0.3, -0.25) is 4.68 Å². The molecule has 2 aromatic rings. The van der Waals surface area contributed by atoms with Crippen LogP contribution in [0.2, 0.25) is 0 Å². The SMILES string of the molecule is Cc1c(-c2coc(Br)c2)nn(C)c1N. The third kappa shape index (κ3) is 1.33. The summed E-state index contributed by atoms with van der Waals surface area (Å²) in [5, 5.41) is 4.30. The minimum Gasteiger partial charge on any atom is -0.457 e. The van der Waals surface area contributed by atoms with E-state index in [9.17, 15) is 0 Å². The van der Waals surface area contributed by atoms with Gasteiger partial charge < -0.3 is 10.2 Å². The van der Waals surface area contributed by atoms with Crippen LogP contribution < -0.4 is 5.73 Å². The van der Waals surface area contributed by atoms with Gasteiger partial charge in [0.2, 0.25) is 0 Å². The van der Waals surface area contributed by atoms with Gasteiger partial charge in [0.1, 0.15) is 17.8 Å². The molecule has 14 heavy (non-hydrogen) atoms. The fourth-order valence-electron chi connectivity index (χ4n) is 1.35. The maximum Gasteiger partial charge on any atom is 0.169 e. The molecule has 0 aliphatic heterocycles. The second kappa shape index (κ2) is 3.16. The van der Waals surface area contributed by atoms with Crippen LogP contribution in [0, 0.1) is 6.92 Å². The predicted molar refractivity (Wildman–Crippen MR) is 57.8 cm³/mol. The summed E-state index contributed by atoms with van der Waals surface area (Å²) in [6.07, 6.45) is 1.65. The molecule has 2 rings (SSSR count). The highest BCUT2D eigenvalue weighted by Crippen LogP contribution is 2.28. The van der Waals surface area contributed by atoms with E-state index in [0.29, 0.717) is 10.5 Å². The third-order valence-electron chi connectivity index (χ3n) is 2.18. The summed E-state index contributed by atoms with van der Waals surface area (Å²) < 4.78 is 7.50. The molecular weight excluding hydrogens is 246 g/mol. The Bertz CT molecular complexity index is 472. The standard InChI is InChI=1S/C9H10BrN3O/c1-5-8(12-13(2)9(5)11)6-3-7(10)14-4-6/h3-4H,11H2,1-2H3. The molecule has 0 saturated carbocycles. The fraction of sp³-hybridized carbons (Fsp3) is 0.222. The second-order valence-corrected chi connectivity index (χ2v) is 3.90. The fourth-order valence-corrected chi connectivity index (χ4v) is 1.69. The summed E-state index contributed by atoms with van der Waals surface area (Å²) in [5.74, 6) is 0.678. The first-order chi connectivity index (χ1) is 6.59. The maximum atomic E-state index is 5.80. The number of nitrogens with zero attached hydrogens (tertiary/aromatic N) is 2. The minimum atomic E-state index is 0.678. The lowest BCUT2D eigenvalue weighted by atomic mass is 10.1. The highest BCUT2D eigenvalue weighted by molar-refractivity contribution is 9.10. The number of aryl methyl sites for hydroxylation is 1. The van der Waals surface area contributed by atoms with Crippen molar-refractivity contribution in [3.05, 3.63) is 22.6 Å². The van der Waals surface area contributed by atoms with E-state index in [-0.39, 0.29) is 0 Å². The number of anilines is 1. The molecule has 0 bridgehead atoms. The molecule has 2 aromatic heterocycles. The molecule has 2 heterocycles. The molecule has 0 aliphatic carbocycles. The van der Waals surface area contributed by atoms with Crippen LogP contribution in [0.1, 0.15) is 5.56 Å². The number of nitrogen functional groups attached to an aromatic ring is 1. The van der Waals surface area contributed by atoms with Crippen LogP contribution in [0.5, 0.6) is 0 Å². The summed E-state index contributed by atoms with van der Waals surface area (Å²) in [6.45, 7) is 1.94. The Hall–Kier alpha value is -1.23. The van der Waals surface area contributed by atoms with Gasteiger partial charge >= 0.3 is 0 Å².